The second-order valence-electron chi connectivity index (χ2n) is 16.7. The Morgan fingerprint density at radius 3 is 1.95 bits per heavy atom. The van der Waals surface area contributed by atoms with Crippen molar-refractivity contribution in [3.05, 3.63) is 47.3 Å². The summed E-state index contributed by atoms with van der Waals surface area (Å²) in [7, 11) is 0. The van der Waals surface area contributed by atoms with E-state index in [1.165, 1.54) is 0 Å². The largest absolute Gasteiger partial charge is 0.504 e. The summed E-state index contributed by atoms with van der Waals surface area (Å²) in [6.45, 7) is 13.2. The van der Waals surface area contributed by atoms with Crippen LogP contribution in [0.3, 0.4) is 0 Å². The molecule has 5 heteroatoms. The van der Waals surface area contributed by atoms with Gasteiger partial charge in [-0.25, -0.2) is 0 Å². The van der Waals surface area contributed by atoms with Gasteiger partial charge in [0.15, 0.2) is 17.3 Å². The van der Waals surface area contributed by atoms with Gasteiger partial charge in [0.2, 0.25) is 0 Å². The van der Waals surface area contributed by atoms with Crippen LogP contribution >= 0.6 is 0 Å². The van der Waals surface area contributed by atoms with Crippen LogP contribution in [0.25, 0.3) is 0 Å². The molecule has 0 radical (unpaired) electrons. The van der Waals surface area contributed by atoms with Crippen LogP contribution in [0.1, 0.15) is 111 Å². The molecule has 0 aromatic heterocycles. The Labute approximate surface area is 262 Å². The first kappa shape index (κ1) is 30.1. The van der Waals surface area contributed by atoms with Crippen molar-refractivity contribution in [2.45, 2.75) is 111 Å². The number of rotatable bonds is 0. The van der Waals surface area contributed by atoms with Crippen LogP contribution in [-0.2, 0) is 19.2 Å². The number of Topliss-reactive ketones (excluding diaryl/α,β-unsaturated/α-hetero) is 3. The van der Waals surface area contributed by atoms with Gasteiger partial charge in [0, 0.05) is 35.5 Å². The van der Waals surface area contributed by atoms with E-state index >= 15 is 0 Å². The molecule has 0 saturated heterocycles. The summed E-state index contributed by atoms with van der Waals surface area (Å²) >= 11 is 0. The molecule has 236 valence electrons. The molecule has 0 bridgehead atoms. The summed E-state index contributed by atoms with van der Waals surface area (Å²) in [4.78, 5) is 48.4. The lowest BCUT2D eigenvalue weighted by Gasteiger charge is -2.56. The zero-order chi connectivity index (χ0) is 31.4. The van der Waals surface area contributed by atoms with E-state index in [0.717, 1.165) is 93.8 Å². The van der Waals surface area contributed by atoms with Crippen LogP contribution in [0.5, 0.6) is 0 Å². The number of hydrogen-bond donors (Lipinski definition) is 1. The van der Waals surface area contributed by atoms with E-state index in [-0.39, 0.29) is 39.0 Å². The average molecular weight is 599 g/mol. The maximum atomic E-state index is 12.4. The van der Waals surface area contributed by atoms with Crippen molar-refractivity contribution in [2.24, 2.45) is 57.2 Å². The monoisotopic (exact) mass is 598 g/mol. The fourth-order valence-corrected chi connectivity index (χ4v) is 12.4. The molecule has 6 fully saturated rings. The Morgan fingerprint density at radius 1 is 0.705 bits per heavy atom. The highest BCUT2D eigenvalue weighted by atomic mass is 16.3. The van der Waals surface area contributed by atoms with Gasteiger partial charge in [-0.2, -0.15) is 0 Å². The zero-order valence-electron chi connectivity index (χ0n) is 27.2. The number of allylic oxidation sites excluding steroid dienone is 6. The molecule has 44 heavy (non-hydrogen) atoms. The highest BCUT2D eigenvalue weighted by molar-refractivity contribution is 6.02. The maximum absolute atomic E-state index is 12.4. The molecule has 0 aromatic carbocycles. The Balaban J connectivity index is 0.000000142. The van der Waals surface area contributed by atoms with Gasteiger partial charge in [0.1, 0.15) is 11.6 Å². The summed E-state index contributed by atoms with van der Waals surface area (Å²) in [5.74, 6) is 4.28. The van der Waals surface area contributed by atoms with Crippen LogP contribution in [0.2, 0.25) is 0 Å². The maximum Gasteiger partial charge on any atom is 0.197 e. The van der Waals surface area contributed by atoms with Crippen molar-refractivity contribution in [3.63, 3.8) is 0 Å². The van der Waals surface area contributed by atoms with Crippen LogP contribution in [-0.4, -0.2) is 28.2 Å². The highest BCUT2D eigenvalue weighted by Gasteiger charge is 2.61. The second-order valence-corrected chi connectivity index (χ2v) is 16.7. The first-order valence-corrected chi connectivity index (χ1v) is 17.4. The fraction of sp³-hybridized carbons (Fsp3) is 0.692. The van der Waals surface area contributed by atoms with Crippen LogP contribution in [0.4, 0.5) is 0 Å². The lowest BCUT2D eigenvalue weighted by atomic mass is 9.47. The lowest BCUT2D eigenvalue weighted by molar-refractivity contribution is -0.133. The number of hydrogen-bond acceptors (Lipinski definition) is 5. The third-order valence-electron chi connectivity index (χ3n) is 15.0. The Hall–Kier alpha value is -2.56. The quantitative estimate of drug-likeness (QED) is 0.305. The predicted octanol–water partition coefficient (Wildman–Crippen LogP) is 8.00. The molecule has 1 N–H and O–H groups in total. The normalized spacial score (nSPS) is 47.5. The van der Waals surface area contributed by atoms with Gasteiger partial charge in [-0.15, -0.1) is 0 Å². The zero-order valence-corrected chi connectivity index (χ0v) is 27.2. The predicted molar refractivity (Wildman–Crippen MR) is 169 cm³/mol. The van der Waals surface area contributed by atoms with Crippen LogP contribution in [0, 0.1) is 57.2 Å². The minimum atomic E-state index is -0.104. The lowest BCUT2D eigenvalue weighted by Crippen LogP contribution is -2.51. The third kappa shape index (κ3) is 4.02. The Kier molecular flexibility index (Phi) is 6.82. The number of carbonyl (C=O) groups excluding carboxylic acids is 4. The van der Waals surface area contributed by atoms with E-state index in [1.807, 2.05) is 0 Å². The first-order chi connectivity index (χ1) is 20.7. The van der Waals surface area contributed by atoms with E-state index in [2.05, 4.69) is 40.3 Å². The molecule has 0 amide bonds. The van der Waals surface area contributed by atoms with Gasteiger partial charge < -0.3 is 5.11 Å². The van der Waals surface area contributed by atoms with Gasteiger partial charge in [0.25, 0.3) is 0 Å². The highest BCUT2D eigenvalue weighted by Crippen LogP contribution is 2.66. The number of ketones is 4. The van der Waals surface area contributed by atoms with Gasteiger partial charge >= 0.3 is 0 Å². The molecule has 0 spiro atoms. The second kappa shape index (κ2) is 9.97. The smallest absolute Gasteiger partial charge is 0.197 e. The number of carbonyl (C=O) groups is 4. The average Bonchev–Trinajstić information content (AvgIpc) is 3.47. The minimum absolute atomic E-state index is 0.0200. The number of aliphatic hydroxyl groups is 1. The first-order valence-electron chi connectivity index (χ1n) is 17.4. The van der Waals surface area contributed by atoms with E-state index < -0.39 is 0 Å². The van der Waals surface area contributed by atoms with Gasteiger partial charge in [-0.3, -0.25) is 19.2 Å². The van der Waals surface area contributed by atoms with Crippen molar-refractivity contribution >= 4 is 23.1 Å². The van der Waals surface area contributed by atoms with Crippen LogP contribution < -0.4 is 0 Å². The molecule has 6 saturated carbocycles. The van der Waals surface area contributed by atoms with E-state index in [0.29, 0.717) is 53.5 Å². The molecule has 0 aromatic rings. The molecule has 0 aliphatic heterocycles. The SMILES string of the molecule is C=C1C[C@@H]2[C@H](CC[C@]3(C)C(=O)CC[C@@H]23)[C@@]2(C)C=CC(=O)C=C12.C[C@]12CCC(=O)C(O)=C1CC[C@@H]1[C@@H]2CC[C@]2(C)C(=O)CC[C@@H]12. The standard InChI is InChI=1S/C20H24O2.C19H26O3/c1-12-10-14-15-4-5-18(22)20(15,3)9-7-16(14)19(2)8-6-13(21)11-17(12)19;1-18-10-8-15(20)17(22)14(18)4-3-11-12-5-6-16(21)19(12,2)9-7-13(11)18/h6,8,11,14-16H,1,4-5,7,9-10H2,2-3H3;11-13,22H,3-10H2,1-2H3/t14-,15-,16-,19+,20-;11-,12-,13-,18+,19-/m00/s1. The van der Waals surface area contributed by atoms with E-state index in [1.54, 1.807) is 12.2 Å². The van der Waals surface area contributed by atoms with Crippen molar-refractivity contribution in [1.29, 1.82) is 0 Å². The molecular formula is C39H50O5. The third-order valence-corrected chi connectivity index (χ3v) is 15.0. The summed E-state index contributed by atoms with van der Waals surface area (Å²) in [5.41, 5.74) is 3.00. The van der Waals surface area contributed by atoms with Crippen molar-refractivity contribution in [3.8, 4) is 0 Å². The minimum Gasteiger partial charge on any atom is -0.504 e. The van der Waals surface area contributed by atoms with Crippen molar-refractivity contribution in [1.82, 2.24) is 0 Å². The summed E-state index contributed by atoms with van der Waals surface area (Å²) in [6, 6.07) is 0. The van der Waals surface area contributed by atoms with Gasteiger partial charge in [-0.1, -0.05) is 45.9 Å². The van der Waals surface area contributed by atoms with Crippen LogP contribution in [0.15, 0.2) is 47.3 Å². The fourth-order valence-electron chi connectivity index (χ4n) is 12.4. The van der Waals surface area contributed by atoms with Crippen molar-refractivity contribution in [2.75, 3.05) is 0 Å². The Morgan fingerprint density at radius 2 is 1.30 bits per heavy atom. The molecule has 5 nitrogen and oxygen atoms in total. The summed E-state index contributed by atoms with van der Waals surface area (Å²) in [5, 5.41) is 10.3. The number of fused-ring (bicyclic) bond motifs is 10. The molecule has 0 unspecified atom stereocenters. The topological polar surface area (TPSA) is 88.5 Å². The summed E-state index contributed by atoms with van der Waals surface area (Å²) < 4.78 is 0. The number of aliphatic hydroxyl groups excluding tert-OH is 1. The molecule has 10 atom stereocenters. The molecule has 8 aliphatic carbocycles. The van der Waals surface area contributed by atoms with Gasteiger partial charge in [-0.05, 0) is 128 Å². The Bertz CT molecular complexity index is 1460. The van der Waals surface area contributed by atoms with Crippen molar-refractivity contribution < 1.29 is 24.3 Å². The molecule has 8 aliphatic rings. The van der Waals surface area contributed by atoms with E-state index in [4.69, 9.17) is 0 Å². The van der Waals surface area contributed by atoms with E-state index in [9.17, 15) is 24.3 Å². The summed E-state index contributed by atoms with van der Waals surface area (Å²) in [6.07, 6.45) is 17.6. The molecule has 8 rings (SSSR count). The van der Waals surface area contributed by atoms with Gasteiger partial charge in [0.05, 0.1) is 0 Å². The molecule has 0 heterocycles. The molecular weight excluding hydrogens is 548 g/mol.